The first kappa shape index (κ1) is 13.1. The number of ether oxygens (including phenoxy) is 2. The van der Waals surface area contributed by atoms with Crippen LogP contribution in [0.4, 0.5) is 13.2 Å². The lowest BCUT2D eigenvalue weighted by molar-refractivity contribution is -0.180. The van der Waals surface area contributed by atoms with Crippen LogP contribution in [-0.2, 0) is 9.47 Å². The summed E-state index contributed by atoms with van der Waals surface area (Å²) >= 11 is 0. The number of hydrogen-bond donors (Lipinski definition) is 1. The third kappa shape index (κ3) is 5.23. The zero-order valence-corrected chi connectivity index (χ0v) is 9.63. The summed E-state index contributed by atoms with van der Waals surface area (Å²) in [7, 11) is 0. The molecule has 1 aliphatic carbocycles. The lowest BCUT2D eigenvalue weighted by atomic mass is 10.2. The number of alkyl halides is 3. The molecule has 1 saturated carbocycles. The minimum absolute atomic E-state index is 0.0411. The molecule has 3 nitrogen and oxygen atoms in total. The molecule has 6 heteroatoms. The fourth-order valence-corrected chi connectivity index (χ4v) is 1.94. The van der Waals surface area contributed by atoms with Crippen LogP contribution in [0.3, 0.4) is 0 Å². The molecule has 0 radical (unpaired) electrons. The van der Waals surface area contributed by atoms with Gasteiger partial charge in [0.15, 0.2) is 0 Å². The maximum atomic E-state index is 11.8. The van der Waals surface area contributed by atoms with Gasteiger partial charge in [-0.3, -0.25) is 0 Å². The standard InChI is InChI=1S/C11H18F3NO2/c12-11(13,14)7-16-6-10-4-3-9(17-10)5-15-8-1-2-8/h8-10,15H,1-7H2. The van der Waals surface area contributed by atoms with E-state index in [2.05, 4.69) is 10.1 Å². The lowest BCUT2D eigenvalue weighted by Gasteiger charge is -2.15. The second-order valence-electron chi connectivity index (χ2n) is 4.77. The molecular formula is C11H18F3NO2. The normalized spacial score (nSPS) is 29.8. The molecule has 0 aromatic heterocycles. The number of halogens is 3. The van der Waals surface area contributed by atoms with E-state index in [1.165, 1.54) is 12.8 Å². The van der Waals surface area contributed by atoms with E-state index in [0.717, 1.165) is 19.4 Å². The van der Waals surface area contributed by atoms with Gasteiger partial charge in [-0.15, -0.1) is 0 Å². The van der Waals surface area contributed by atoms with Crippen LogP contribution in [-0.4, -0.2) is 44.2 Å². The van der Waals surface area contributed by atoms with Crippen LogP contribution in [0.2, 0.25) is 0 Å². The molecule has 2 rings (SSSR count). The minimum Gasteiger partial charge on any atom is -0.371 e. The van der Waals surface area contributed by atoms with E-state index in [1.807, 2.05) is 0 Å². The number of nitrogens with one attached hydrogen (secondary N) is 1. The first-order valence-corrected chi connectivity index (χ1v) is 6.06. The van der Waals surface area contributed by atoms with E-state index in [9.17, 15) is 13.2 Å². The number of rotatable bonds is 6. The van der Waals surface area contributed by atoms with Crippen LogP contribution >= 0.6 is 0 Å². The summed E-state index contributed by atoms with van der Waals surface area (Å²) in [5.74, 6) is 0. The minimum atomic E-state index is -4.24. The largest absolute Gasteiger partial charge is 0.411 e. The Balaban J connectivity index is 1.54. The number of hydrogen-bond acceptors (Lipinski definition) is 3. The maximum Gasteiger partial charge on any atom is 0.411 e. The molecule has 0 aromatic carbocycles. The Labute approximate surface area is 98.7 Å². The average molecular weight is 253 g/mol. The van der Waals surface area contributed by atoms with Gasteiger partial charge in [0.1, 0.15) is 6.61 Å². The summed E-state index contributed by atoms with van der Waals surface area (Å²) in [6, 6.07) is 0.638. The summed E-state index contributed by atoms with van der Waals surface area (Å²) in [6.07, 6.45) is -0.144. The Morgan fingerprint density at radius 3 is 2.47 bits per heavy atom. The topological polar surface area (TPSA) is 30.5 Å². The highest BCUT2D eigenvalue weighted by Crippen LogP contribution is 2.23. The molecule has 2 unspecified atom stereocenters. The van der Waals surface area contributed by atoms with E-state index < -0.39 is 12.8 Å². The van der Waals surface area contributed by atoms with Crippen molar-refractivity contribution >= 4 is 0 Å². The van der Waals surface area contributed by atoms with Gasteiger partial charge in [0.25, 0.3) is 0 Å². The summed E-state index contributed by atoms with van der Waals surface area (Å²) < 4.78 is 45.7. The van der Waals surface area contributed by atoms with E-state index in [4.69, 9.17) is 4.74 Å². The lowest BCUT2D eigenvalue weighted by Crippen LogP contribution is -2.29. The van der Waals surface area contributed by atoms with E-state index >= 15 is 0 Å². The van der Waals surface area contributed by atoms with E-state index in [0.29, 0.717) is 6.04 Å². The van der Waals surface area contributed by atoms with Crippen molar-refractivity contribution in [3.05, 3.63) is 0 Å². The molecule has 0 spiro atoms. The van der Waals surface area contributed by atoms with Crippen molar-refractivity contribution in [1.82, 2.24) is 5.32 Å². The maximum absolute atomic E-state index is 11.8. The molecule has 0 bridgehead atoms. The summed E-state index contributed by atoms with van der Waals surface area (Å²) in [5, 5.41) is 3.35. The highest BCUT2D eigenvalue weighted by Gasteiger charge is 2.31. The SMILES string of the molecule is FC(F)(F)COCC1CCC(CNC2CC2)O1. The fraction of sp³-hybridized carbons (Fsp3) is 1.00. The monoisotopic (exact) mass is 253 g/mol. The van der Waals surface area contributed by atoms with Crippen molar-refractivity contribution in [3.8, 4) is 0 Å². The van der Waals surface area contributed by atoms with Crippen LogP contribution in [0, 0.1) is 0 Å². The van der Waals surface area contributed by atoms with Gasteiger partial charge in [0, 0.05) is 12.6 Å². The summed E-state index contributed by atoms with van der Waals surface area (Å²) in [6.45, 7) is -0.336. The highest BCUT2D eigenvalue weighted by atomic mass is 19.4. The second-order valence-corrected chi connectivity index (χ2v) is 4.77. The molecule has 100 valence electrons. The van der Waals surface area contributed by atoms with Crippen LogP contribution in [0.15, 0.2) is 0 Å². The van der Waals surface area contributed by atoms with Gasteiger partial charge in [-0.1, -0.05) is 0 Å². The van der Waals surface area contributed by atoms with Crippen molar-refractivity contribution in [1.29, 1.82) is 0 Å². The molecule has 0 amide bonds. The Morgan fingerprint density at radius 1 is 1.12 bits per heavy atom. The highest BCUT2D eigenvalue weighted by molar-refractivity contribution is 4.84. The van der Waals surface area contributed by atoms with E-state index in [1.54, 1.807) is 0 Å². The van der Waals surface area contributed by atoms with Gasteiger partial charge >= 0.3 is 6.18 Å². The second kappa shape index (κ2) is 5.54. The average Bonchev–Trinajstić information content (AvgIpc) is 2.95. The van der Waals surface area contributed by atoms with Gasteiger partial charge in [-0.05, 0) is 25.7 Å². The summed E-state index contributed by atoms with van der Waals surface area (Å²) in [4.78, 5) is 0. The third-order valence-electron chi connectivity index (χ3n) is 2.98. The zero-order valence-electron chi connectivity index (χ0n) is 9.63. The molecular weight excluding hydrogens is 235 g/mol. The molecule has 1 N–H and O–H groups in total. The van der Waals surface area contributed by atoms with Gasteiger partial charge in [-0.2, -0.15) is 13.2 Å². The van der Waals surface area contributed by atoms with Crippen LogP contribution in [0.5, 0.6) is 0 Å². The van der Waals surface area contributed by atoms with Gasteiger partial charge in [0.05, 0.1) is 18.8 Å². The van der Waals surface area contributed by atoms with Crippen molar-refractivity contribution in [3.63, 3.8) is 0 Å². The van der Waals surface area contributed by atoms with E-state index in [-0.39, 0.29) is 18.8 Å². The molecule has 0 aromatic rings. The zero-order chi connectivity index (χ0) is 12.3. The van der Waals surface area contributed by atoms with Crippen LogP contribution in [0.25, 0.3) is 0 Å². The van der Waals surface area contributed by atoms with Gasteiger partial charge in [0.2, 0.25) is 0 Å². The molecule has 17 heavy (non-hydrogen) atoms. The third-order valence-corrected chi connectivity index (χ3v) is 2.98. The van der Waals surface area contributed by atoms with Crippen molar-refractivity contribution in [2.24, 2.45) is 0 Å². The molecule has 1 heterocycles. The first-order chi connectivity index (χ1) is 8.03. The Bertz CT molecular complexity index is 243. The predicted molar refractivity (Wildman–Crippen MR) is 55.8 cm³/mol. The molecule has 2 aliphatic rings. The molecule has 2 atom stereocenters. The molecule has 1 aliphatic heterocycles. The quantitative estimate of drug-likeness (QED) is 0.784. The van der Waals surface area contributed by atoms with Gasteiger partial charge < -0.3 is 14.8 Å². The van der Waals surface area contributed by atoms with Crippen molar-refractivity contribution < 1.29 is 22.6 Å². The predicted octanol–water partition coefficient (Wildman–Crippen LogP) is 1.86. The van der Waals surface area contributed by atoms with Crippen LogP contribution in [0.1, 0.15) is 25.7 Å². The Hall–Kier alpha value is -0.330. The first-order valence-electron chi connectivity index (χ1n) is 6.06. The molecule has 1 saturated heterocycles. The van der Waals surface area contributed by atoms with Crippen molar-refractivity contribution in [2.45, 2.75) is 50.1 Å². The van der Waals surface area contributed by atoms with Crippen molar-refractivity contribution in [2.75, 3.05) is 19.8 Å². The molecule has 2 fully saturated rings. The Morgan fingerprint density at radius 2 is 1.82 bits per heavy atom. The fourth-order valence-electron chi connectivity index (χ4n) is 1.94. The summed E-state index contributed by atoms with van der Waals surface area (Å²) in [5.41, 5.74) is 0. The van der Waals surface area contributed by atoms with Gasteiger partial charge in [-0.25, -0.2) is 0 Å². The smallest absolute Gasteiger partial charge is 0.371 e. The Kier molecular flexibility index (Phi) is 4.27. The van der Waals surface area contributed by atoms with Crippen LogP contribution < -0.4 is 5.32 Å².